The maximum absolute atomic E-state index is 14.1. The van der Waals surface area contributed by atoms with Crippen LogP contribution in [0.3, 0.4) is 0 Å². The lowest BCUT2D eigenvalue weighted by Crippen LogP contribution is -2.53. The van der Waals surface area contributed by atoms with E-state index in [0.29, 0.717) is 17.1 Å². The number of sulfonamides is 1. The fourth-order valence-corrected chi connectivity index (χ4v) is 5.75. The Balaban J connectivity index is 2.05. The van der Waals surface area contributed by atoms with Gasteiger partial charge < -0.3 is 10.2 Å². The lowest BCUT2D eigenvalue weighted by molar-refractivity contribution is -0.140. The van der Waals surface area contributed by atoms with Crippen molar-refractivity contribution in [3.8, 4) is 0 Å². The first-order chi connectivity index (χ1) is 18.6. The van der Waals surface area contributed by atoms with Gasteiger partial charge in [0.25, 0.3) is 10.0 Å². The fraction of sp³-hybridized carbons (Fsp3) is 0.333. The van der Waals surface area contributed by atoms with E-state index in [1.807, 2.05) is 52.0 Å². The number of hydrogen-bond donors (Lipinski definition) is 1. The number of nitrogens with one attached hydrogen (secondary N) is 1. The molecule has 0 spiro atoms. The Morgan fingerprint density at radius 3 is 2.10 bits per heavy atom. The van der Waals surface area contributed by atoms with Crippen molar-refractivity contribution in [1.82, 2.24) is 10.2 Å². The summed E-state index contributed by atoms with van der Waals surface area (Å²) in [5.74, 6) is -0.753. The predicted octanol–water partition coefficient (Wildman–Crippen LogP) is 5.57. The Labute approximate surface area is 236 Å². The molecule has 0 fully saturated rings. The number of carbonyl (C=O) groups is 2. The molecule has 0 aliphatic heterocycles. The fourth-order valence-electron chi connectivity index (χ4n) is 4.19. The summed E-state index contributed by atoms with van der Waals surface area (Å²) in [4.78, 5) is 28.9. The topological polar surface area (TPSA) is 86.8 Å². The van der Waals surface area contributed by atoms with Crippen molar-refractivity contribution in [3.05, 3.63) is 95.0 Å². The molecule has 9 heteroatoms. The van der Waals surface area contributed by atoms with Gasteiger partial charge in [0.1, 0.15) is 12.6 Å². The molecule has 0 bridgehead atoms. The summed E-state index contributed by atoms with van der Waals surface area (Å²) in [5, 5.41) is 3.43. The molecular weight excluding hydrogens is 534 g/mol. The molecule has 0 unspecified atom stereocenters. The first-order valence-corrected chi connectivity index (χ1v) is 14.9. The second-order valence-electron chi connectivity index (χ2n) is 9.49. The van der Waals surface area contributed by atoms with Crippen LogP contribution in [0.15, 0.2) is 83.8 Å². The van der Waals surface area contributed by atoms with Crippen molar-refractivity contribution in [2.24, 2.45) is 0 Å². The van der Waals surface area contributed by atoms with Crippen LogP contribution in [-0.4, -0.2) is 43.8 Å². The Hall–Kier alpha value is -3.36. The normalized spacial score (nSPS) is 12.8. The van der Waals surface area contributed by atoms with Crippen molar-refractivity contribution < 1.29 is 18.0 Å². The largest absolute Gasteiger partial charge is 0.352 e. The summed E-state index contributed by atoms with van der Waals surface area (Å²) in [5.41, 5.74) is 2.15. The van der Waals surface area contributed by atoms with E-state index < -0.39 is 28.5 Å². The minimum atomic E-state index is -4.11. The zero-order valence-electron chi connectivity index (χ0n) is 22.8. The summed E-state index contributed by atoms with van der Waals surface area (Å²) in [7, 11) is -4.11. The van der Waals surface area contributed by atoms with Crippen molar-refractivity contribution in [3.63, 3.8) is 0 Å². The van der Waals surface area contributed by atoms with Gasteiger partial charge >= 0.3 is 0 Å². The summed E-state index contributed by atoms with van der Waals surface area (Å²) < 4.78 is 28.7. The molecule has 3 aromatic carbocycles. The van der Waals surface area contributed by atoms with Crippen LogP contribution in [0, 0.1) is 6.92 Å². The molecule has 0 saturated heterocycles. The molecule has 7 nitrogen and oxygen atoms in total. The van der Waals surface area contributed by atoms with E-state index in [-0.39, 0.29) is 23.4 Å². The number of hydrogen-bond acceptors (Lipinski definition) is 4. The third-order valence-corrected chi connectivity index (χ3v) is 8.75. The van der Waals surface area contributed by atoms with Crippen LogP contribution in [0.5, 0.6) is 0 Å². The predicted molar refractivity (Wildman–Crippen MR) is 156 cm³/mol. The number of halogens is 1. The molecule has 1 N–H and O–H groups in total. The zero-order valence-corrected chi connectivity index (χ0v) is 24.4. The van der Waals surface area contributed by atoms with Crippen molar-refractivity contribution >= 4 is 39.1 Å². The van der Waals surface area contributed by atoms with E-state index in [1.54, 1.807) is 42.5 Å². The van der Waals surface area contributed by atoms with E-state index >= 15 is 0 Å². The van der Waals surface area contributed by atoms with Crippen molar-refractivity contribution in [2.45, 2.75) is 64.1 Å². The monoisotopic (exact) mass is 569 g/mol. The Morgan fingerprint density at radius 2 is 1.51 bits per heavy atom. The summed E-state index contributed by atoms with van der Waals surface area (Å²) in [6.07, 6.45) is 1.11. The third-order valence-electron chi connectivity index (χ3n) is 6.71. The minimum absolute atomic E-state index is 0.0553. The highest BCUT2D eigenvalue weighted by Crippen LogP contribution is 2.26. The van der Waals surface area contributed by atoms with Crippen LogP contribution in [0.1, 0.15) is 44.7 Å². The first kappa shape index (κ1) is 30.2. The lowest BCUT2D eigenvalue weighted by atomic mass is 10.1. The third kappa shape index (κ3) is 7.61. The van der Waals surface area contributed by atoms with Crippen LogP contribution >= 0.6 is 11.6 Å². The van der Waals surface area contributed by atoms with E-state index in [0.717, 1.165) is 21.9 Å². The number of carbonyl (C=O) groups excluding carboxylic acids is 2. The number of rotatable bonds is 12. The SMILES string of the molecule is CC[C@@H](C)NC(=O)[C@H](CC)N(Cc1ccccc1C)C(=O)CN(c1ccc(Cl)cc1)S(=O)(=O)c1ccccc1. The van der Waals surface area contributed by atoms with Gasteiger partial charge in [0, 0.05) is 17.6 Å². The second kappa shape index (κ2) is 13.6. The smallest absolute Gasteiger partial charge is 0.264 e. The molecule has 0 saturated carbocycles. The number of benzene rings is 3. The Kier molecular flexibility index (Phi) is 10.5. The van der Waals surface area contributed by atoms with Gasteiger partial charge in [-0.2, -0.15) is 0 Å². The second-order valence-corrected chi connectivity index (χ2v) is 11.8. The number of aryl methyl sites for hydroxylation is 1. The maximum Gasteiger partial charge on any atom is 0.264 e. The van der Waals surface area contributed by atoms with Crippen LogP contribution < -0.4 is 9.62 Å². The summed E-state index contributed by atoms with van der Waals surface area (Å²) in [6.45, 7) is 7.34. The van der Waals surface area contributed by atoms with Gasteiger partial charge in [-0.05, 0) is 74.2 Å². The standard InChI is InChI=1S/C30H36ClN3O4S/c1-5-23(4)32-30(36)28(6-2)33(20-24-13-11-10-12-22(24)3)29(35)21-34(26-18-16-25(31)17-19-26)39(37,38)27-14-8-7-9-15-27/h7-19,23,28H,5-6,20-21H2,1-4H3,(H,32,36)/t23-,28+/m1/s1. The minimum Gasteiger partial charge on any atom is -0.352 e. The van der Waals surface area contributed by atoms with Crippen molar-refractivity contribution in [2.75, 3.05) is 10.8 Å². The molecule has 2 amide bonds. The van der Waals surface area contributed by atoms with Gasteiger partial charge in [0.15, 0.2) is 0 Å². The Bertz CT molecular complexity index is 1360. The maximum atomic E-state index is 14.1. The highest BCUT2D eigenvalue weighted by molar-refractivity contribution is 7.92. The number of nitrogens with zero attached hydrogens (tertiary/aromatic N) is 2. The first-order valence-electron chi connectivity index (χ1n) is 13.1. The van der Waals surface area contributed by atoms with Gasteiger partial charge in [-0.15, -0.1) is 0 Å². The molecular formula is C30H36ClN3O4S. The van der Waals surface area contributed by atoms with E-state index in [9.17, 15) is 18.0 Å². The highest BCUT2D eigenvalue weighted by atomic mass is 35.5. The number of anilines is 1. The van der Waals surface area contributed by atoms with E-state index in [1.165, 1.54) is 17.0 Å². The molecule has 3 rings (SSSR count). The average molecular weight is 570 g/mol. The summed E-state index contributed by atoms with van der Waals surface area (Å²) in [6, 6.07) is 21.0. The molecule has 208 valence electrons. The molecule has 39 heavy (non-hydrogen) atoms. The molecule has 0 aliphatic carbocycles. The molecule has 0 radical (unpaired) electrons. The van der Waals surface area contributed by atoms with Crippen LogP contribution in [0.25, 0.3) is 0 Å². The molecule has 2 atom stereocenters. The average Bonchev–Trinajstić information content (AvgIpc) is 2.93. The van der Waals surface area contributed by atoms with Gasteiger partial charge in [-0.1, -0.05) is 67.9 Å². The lowest BCUT2D eigenvalue weighted by Gasteiger charge is -2.34. The van der Waals surface area contributed by atoms with Gasteiger partial charge in [-0.3, -0.25) is 13.9 Å². The Morgan fingerprint density at radius 1 is 0.897 bits per heavy atom. The molecule has 3 aromatic rings. The quantitative estimate of drug-likeness (QED) is 0.309. The van der Waals surface area contributed by atoms with Crippen LogP contribution in [0.4, 0.5) is 5.69 Å². The highest BCUT2D eigenvalue weighted by Gasteiger charge is 2.34. The summed E-state index contributed by atoms with van der Waals surface area (Å²) >= 11 is 6.07. The zero-order chi connectivity index (χ0) is 28.6. The number of amides is 2. The van der Waals surface area contributed by atoms with Crippen LogP contribution in [-0.2, 0) is 26.2 Å². The molecule has 0 aromatic heterocycles. The van der Waals surface area contributed by atoms with E-state index in [2.05, 4.69) is 5.32 Å². The van der Waals surface area contributed by atoms with Gasteiger partial charge in [0.2, 0.25) is 11.8 Å². The molecule has 0 heterocycles. The van der Waals surface area contributed by atoms with Gasteiger partial charge in [0.05, 0.1) is 10.6 Å². The molecule has 0 aliphatic rings. The van der Waals surface area contributed by atoms with Gasteiger partial charge in [-0.25, -0.2) is 8.42 Å². The van der Waals surface area contributed by atoms with Crippen LogP contribution in [0.2, 0.25) is 5.02 Å². The van der Waals surface area contributed by atoms with Crippen molar-refractivity contribution in [1.29, 1.82) is 0 Å². The van der Waals surface area contributed by atoms with E-state index in [4.69, 9.17) is 11.6 Å².